The molecule has 0 aliphatic heterocycles. The molecule has 0 aliphatic rings. The van der Waals surface area contributed by atoms with Crippen LogP contribution in [0.1, 0.15) is 5.56 Å². The average molecular weight is 160 g/mol. The van der Waals surface area contributed by atoms with E-state index in [4.69, 9.17) is 5.11 Å². The molecule has 0 bridgehead atoms. The maximum Gasteiger partial charge on any atom is 0.222 e. The Kier molecular flexibility index (Phi) is 2.43. The number of aliphatic hydroxyl groups is 1. The molecule has 3 nitrogen and oxygen atoms in total. The summed E-state index contributed by atoms with van der Waals surface area (Å²) in [6.45, 7) is -0.318. The Hall–Kier alpha value is -1.10. The van der Waals surface area contributed by atoms with Gasteiger partial charge < -0.3 is 5.11 Å². The molecule has 1 N–H and O–H groups in total. The lowest BCUT2D eigenvalue weighted by atomic mass is 10.2. The first-order chi connectivity index (χ1) is 5.25. The predicted molar refractivity (Wildman–Crippen MR) is 32.7 cm³/mol. The van der Waals surface area contributed by atoms with Gasteiger partial charge >= 0.3 is 0 Å². The molecule has 0 radical (unpaired) electrons. The highest BCUT2D eigenvalue weighted by atomic mass is 19.1. The third kappa shape index (κ3) is 1.68. The SMILES string of the molecule is OCCc1c(F)ncnc1F. The lowest BCUT2D eigenvalue weighted by molar-refractivity contribution is 0.293. The van der Waals surface area contributed by atoms with E-state index in [0.29, 0.717) is 0 Å². The fourth-order valence-corrected chi connectivity index (χ4v) is 0.689. The zero-order valence-corrected chi connectivity index (χ0v) is 5.59. The van der Waals surface area contributed by atoms with Gasteiger partial charge in [0.2, 0.25) is 11.9 Å². The van der Waals surface area contributed by atoms with Crippen molar-refractivity contribution in [3.8, 4) is 0 Å². The minimum Gasteiger partial charge on any atom is -0.396 e. The first-order valence-electron chi connectivity index (χ1n) is 3.01. The normalized spacial score (nSPS) is 10.1. The average Bonchev–Trinajstić information content (AvgIpc) is 1.97. The lowest BCUT2D eigenvalue weighted by Gasteiger charge is -1.98. The van der Waals surface area contributed by atoms with Crippen LogP contribution in [0.15, 0.2) is 6.33 Å². The van der Waals surface area contributed by atoms with Crippen molar-refractivity contribution in [3.63, 3.8) is 0 Å². The van der Waals surface area contributed by atoms with Crippen LogP contribution >= 0.6 is 0 Å². The second kappa shape index (κ2) is 3.34. The van der Waals surface area contributed by atoms with Crippen LogP contribution in [0, 0.1) is 11.9 Å². The Morgan fingerprint density at radius 3 is 2.27 bits per heavy atom. The second-order valence-corrected chi connectivity index (χ2v) is 1.91. The number of hydrogen-bond donors (Lipinski definition) is 1. The highest BCUT2D eigenvalue weighted by Gasteiger charge is 2.09. The number of rotatable bonds is 2. The maximum absolute atomic E-state index is 12.5. The Bertz CT molecular complexity index is 234. The molecule has 60 valence electrons. The van der Waals surface area contributed by atoms with Crippen LogP contribution in [-0.4, -0.2) is 21.7 Å². The lowest BCUT2D eigenvalue weighted by Crippen LogP contribution is -2.03. The monoisotopic (exact) mass is 160 g/mol. The van der Waals surface area contributed by atoms with E-state index in [2.05, 4.69) is 9.97 Å². The summed E-state index contributed by atoms with van der Waals surface area (Å²) in [6, 6.07) is 0. The summed E-state index contributed by atoms with van der Waals surface area (Å²) in [6.07, 6.45) is 0.698. The Morgan fingerprint density at radius 2 is 1.82 bits per heavy atom. The van der Waals surface area contributed by atoms with Crippen molar-refractivity contribution < 1.29 is 13.9 Å². The summed E-state index contributed by atoms with van der Waals surface area (Å²) >= 11 is 0. The van der Waals surface area contributed by atoms with Gasteiger partial charge in [-0.05, 0) is 0 Å². The van der Waals surface area contributed by atoms with Crippen molar-refractivity contribution in [1.29, 1.82) is 0 Å². The van der Waals surface area contributed by atoms with Crippen molar-refractivity contribution >= 4 is 0 Å². The van der Waals surface area contributed by atoms with E-state index >= 15 is 0 Å². The number of aromatic nitrogens is 2. The molecular weight excluding hydrogens is 154 g/mol. The second-order valence-electron chi connectivity index (χ2n) is 1.91. The summed E-state index contributed by atoms with van der Waals surface area (Å²) in [5.41, 5.74) is -0.269. The van der Waals surface area contributed by atoms with Crippen LogP contribution < -0.4 is 0 Å². The van der Waals surface area contributed by atoms with Crippen LogP contribution in [0.4, 0.5) is 8.78 Å². The van der Waals surface area contributed by atoms with Crippen molar-refractivity contribution in [2.24, 2.45) is 0 Å². The molecule has 11 heavy (non-hydrogen) atoms. The predicted octanol–water partition coefficient (Wildman–Crippen LogP) is 0.290. The molecule has 0 amide bonds. The van der Waals surface area contributed by atoms with Gasteiger partial charge in [0.1, 0.15) is 6.33 Å². The minimum absolute atomic E-state index is 0.0987. The van der Waals surface area contributed by atoms with Gasteiger partial charge in [-0.2, -0.15) is 8.78 Å². The quantitative estimate of drug-likeness (QED) is 0.632. The minimum atomic E-state index is -0.911. The summed E-state index contributed by atoms with van der Waals surface area (Å²) in [4.78, 5) is 6.26. The van der Waals surface area contributed by atoms with Gasteiger partial charge in [-0.25, -0.2) is 9.97 Å². The summed E-state index contributed by atoms with van der Waals surface area (Å²) in [5.74, 6) is -1.82. The van der Waals surface area contributed by atoms with Crippen molar-refractivity contribution in [2.75, 3.05) is 6.61 Å². The van der Waals surface area contributed by atoms with E-state index in [1.54, 1.807) is 0 Å². The van der Waals surface area contributed by atoms with Gasteiger partial charge in [0.25, 0.3) is 0 Å². The van der Waals surface area contributed by atoms with Crippen molar-refractivity contribution in [3.05, 3.63) is 23.8 Å². The Labute approximate surface area is 61.7 Å². The van der Waals surface area contributed by atoms with Crippen LogP contribution in [0.2, 0.25) is 0 Å². The number of halogens is 2. The first-order valence-corrected chi connectivity index (χ1v) is 3.01. The molecule has 0 saturated carbocycles. The number of nitrogens with zero attached hydrogens (tertiary/aromatic N) is 2. The van der Waals surface area contributed by atoms with Crippen molar-refractivity contribution in [1.82, 2.24) is 9.97 Å². The zero-order chi connectivity index (χ0) is 8.27. The number of hydrogen-bond acceptors (Lipinski definition) is 3. The molecule has 0 aromatic carbocycles. The highest BCUT2D eigenvalue weighted by Crippen LogP contribution is 2.06. The topological polar surface area (TPSA) is 46.0 Å². The number of aliphatic hydroxyl groups excluding tert-OH is 1. The van der Waals surface area contributed by atoms with E-state index in [1.807, 2.05) is 0 Å². The molecule has 5 heteroatoms. The molecule has 0 fully saturated rings. The molecule has 1 heterocycles. The first kappa shape index (κ1) is 8.00. The summed E-state index contributed by atoms with van der Waals surface area (Å²) < 4.78 is 25.1. The Morgan fingerprint density at radius 1 is 1.27 bits per heavy atom. The van der Waals surface area contributed by atoms with Gasteiger partial charge in [0.05, 0.1) is 5.56 Å². The highest BCUT2D eigenvalue weighted by molar-refractivity contribution is 5.07. The fourth-order valence-electron chi connectivity index (χ4n) is 0.689. The van der Waals surface area contributed by atoms with E-state index < -0.39 is 11.9 Å². The van der Waals surface area contributed by atoms with Crippen molar-refractivity contribution in [2.45, 2.75) is 6.42 Å². The molecule has 0 unspecified atom stereocenters. The van der Waals surface area contributed by atoms with E-state index in [9.17, 15) is 8.78 Å². The van der Waals surface area contributed by atoms with E-state index in [-0.39, 0.29) is 18.6 Å². The molecular formula is C6H6F2N2O. The van der Waals surface area contributed by atoms with Crippen LogP contribution in [0.3, 0.4) is 0 Å². The standard InChI is InChI=1S/C6H6F2N2O/c7-5-4(1-2-11)6(8)10-3-9-5/h3,11H,1-2H2. The molecule has 1 aromatic heterocycles. The van der Waals surface area contributed by atoms with Gasteiger partial charge in [0, 0.05) is 13.0 Å². The summed E-state index contributed by atoms with van der Waals surface area (Å²) in [7, 11) is 0. The molecule has 0 atom stereocenters. The van der Waals surface area contributed by atoms with Crippen LogP contribution in [0.5, 0.6) is 0 Å². The molecule has 1 aromatic rings. The van der Waals surface area contributed by atoms with Gasteiger partial charge in [-0.1, -0.05) is 0 Å². The van der Waals surface area contributed by atoms with E-state index in [0.717, 1.165) is 6.33 Å². The third-order valence-electron chi connectivity index (χ3n) is 1.20. The zero-order valence-electron chi connectivity index (χ0n) is 5.59. The van der Waals surface area contributed by atoms with Gasteiger partial charge in [-0.15, -0.1) is 0 Å². The molecule has 0 saturated heterocycles. The molecule has 1 rings (SSSR count). The van der Waals surface area contributed by atoms with Crippen LogP contribution in [0.25, 0.3) is 0 Å². The fraction of sp³-hybridized carbons (Fsp3) is 0.333. The van der Waals surface area contributed by atoms with E-state index in [1.165, 1.54) is 0 Å². The molecule has 0 aliphatic carbocycles. The third-order valence-corrected chi connectivity index (χ3v) is 1.20. The van der Waals surface area contributed by atoms with Gasteiger partial charge in [-0.3, -0.25) is 0 Å². The largest absolute Gasteiger partial charge is 0.396 e. The smallest absolute Gasteiger partial charge is 0.222 e. The maximum atomic E-state index is 12.5. The summed E-state index contributed by atoms with van der Waals surface area (Å²) in [5, 5.41) is 8.38. The van der Waals surface area contributed by atoms with Crippen LogP contribution in [-0.2, 0) is 6.42 Å². The van der Waals surface area contributed by atoms with Gasteiger partial charge in [0.15, 0.2) is 0 Å². The Balaban J connectivity index is 3.00. The molecule has 0 spiro atoms.